The lowest BCUT2D eigenvalue weighted by molar-refractivity contribution is -0.137. The smallest absolute Gasteiger partial charge is 0.260 e. The van der Waals surface area contributed by atoms with Crippen LogP contribution in [-0.4, -0.2) is 43.7 Å². The van der Waals surface area contributed by atoms with Gasteiger partial charge >= 0.3 is 0 Å². The number of nitrogens with zero attached hydrogens (tertiary/aromatic N) is 1. The van der Waals surface area contributed by atoms with Crippen molar-refractivity contribution in [2.24, 2.45) is 0 Å². The van der Waals surface area contributed by atoms with Crippen LogP contribution in [0.25, 0.3) is 0 Å². The number of hydrogen-bond donors (Lipinski definition) is 0. The third-order valence-corrected chi connectivity index (χ3v) is 2.55. The summed E-state index contributed by atoms with van der Waals surface area (Å²) in [5, 5.41) is 0. The molecule has 1 heterocycles. The fraction of sp³-hybridized carbons (Fsp3) is 0.417. The Hall–Kier alpha value is -1.62. The summed E-state index contributed by atoms with van der Waals surface area (Å²) in [6.07, 6.45) is 0. The molecule has 0 aliphatic carbocycles. The number of carbonyl (C=O) groups excluding carboxylic acids is 1. The van der Waals surface area contributed by atoms with Gasteiger partial charge in [0.2, 0.25) is 0 Å². The van der Waals surface area contributed by atoms with Crippen LogP contribution < -0.4 is 4.74 Å². The molecule has 1 aromatic rings. The maximum Gasteiger partial charge on any atom is 0.260 e. The summed E-state index contributed by atoms with van der Waals surface area (Å²) < 4.78 is 23.5. The fourth-order valence-corrected chi connectivity index (χ4v) is 1.61. The molecule has 0 atom stereocenters. The zero-order chi connectivity index (χ0) is 12.1. The van der Waals surface area contributed by atoms with Gasteiger partial charge in [-0.15, -0.1) is 0 Å². The van der Waals surface area contributed by atoms with Crippen LogP contribution in [0.5, 0.6) is 5.75 Å². The second-order valence-electron chi connectivity index (χ2n) is 3.71. The zero-order valence-electron chi connectivity index (χ0n) is 9.39. The molecule has 1 fully saturated rings. The first kappa shape index (κ1) is 11.9. The van der Waals surface area contributed by atoms with Gasteiger partial charge in [-0.05, 0) is 12.1 Å². The van der Waals surface area contributed by atoms with Crippen molar-refractivity contribution < 1.29 is 18.7 Å². The predicted octanol–water partition coefficient (Wildman–Crippen LogP) is 1.06. The summed E-state index contributed by atoms with van der Waals surface area (Å²) in [6, 6.07) is 6.04. The van der Waals surface area contributed by atoms with Gasteiger partial charge in [0, 0.05) is 13.1 Å². The molecule has 1 aliphatic rings. The van der Waals surface area contributed by atoms with Crippen LogP contribution in [-0.2, 0) is 9.53 Å². The highest BCUT2D eigenvalue weighted by Gasteiger charge is 2.17. The van der Waals surface area contributed by atoms with Gasteiger partial charge in [0.25, 0.3) is 5.91 Å². The lowest BCUT2D eigenvalue weighted by atomic mass is 10.3. The highest BCUT2D eigenvalue weighted by atomic mass is 19.1. The molecule has 1 aromatic carbocycles. The molecule has 0 aromatic heterocycles. The Morgan fingerprint density at radius 3 is 2.76 bits per heavy atom. The van der Waals surface area contributed by atoms with E-state index in [1.807, 2.05) is 0 Å². The predicted molar refractivity (Wildman–Crippen MR) is 59.3 cm³/mol. The zero-order valence-corrected chi connectivity index (χ0v) is 9.39. The van der Waals surface area contributed by atoms with Gasteiger partial charge in [-0.3, -0.25) is 4.79 Å². The van der Waals surface area contributed by atoms with E-state index in [0.717, 1.165) is 0 Å². The van der Waals surface area contributed by atoms with Crippen LogP contribution in [0.15, 0.2) is 24.3 Å². The van der Waals surface area contributed by atoms with E-state index in [1.54, 1.807) is 17.0 Å². The van der Waals surface area contributed by atoms with Crippen molar-refractivity contribution in [2.45, 2.75) is 0 Å². The summed E-state index contributed by atoms with van der Waals surface area (Å²) in [5.41, 5.74) is 0. The third kappa shape index (κ3) is 3.17. The number of carbonyl (C=O) groups is 1. The van der Waals surface area contributed by atoms with Crippen LogP contribution in [0.3, 0.4) is 0 Å². The lowest BCUT2D eigenvalue weighted by Crippen LogP contribution is -2.43. The minimum absolute atomic E-state index is 0.106. The number of halogens is 1. The quantitative estimate of drug-likeness (QED) is 0.791. The van der Waals surface area contributed by atoms with Crippen LogP contribution in [0.4, 0.5) is 4.39 Å². The van der Waals surface area contributed by atoms with Gasteiger partial charge in [-0.1, -0.05) is 12.1 Å². The minimum Gasteiger partial charge on any atom is -0.481 e. The van der Waals surface area contributed by atoms with E-state index in [-0.39, 0.29) is 18.3 Å². The maximum atomic E-state index is 13.2. The number of para-hydroxylation sites is 1. The molecule has 0 radical (unpaired) electrons. The molecule has 17 heavy (non-hydrogen) atoms. The van der Waals surface area contributed by atoms with E-state index in [2.05, 4.69) is 0 Å². The molecule has 2 rings (SSSR count). The molecule has 0 saturated carbocycles. The number of amides is 1. The molecule has 1 saturated heterocycles. The van der Waals surface area contributed by atoms with Crippen molar-refractivity contribution in [3.63, 3.8) is 0 Å². The molecular formula is C12H14FNO3. The standard InChI is InChI=1S/C12H14FNO3/c13-10-3-1-2-4-11(10)17-9-12(15)14-5-7-16-8-6-14/h1-4H,5-9H2. The topological polar surface area (TPSA) is 38.8 Å². The molecule has 1 amide bonds. The molecule has 4 nitrogen and oxygen atoms in total. The monoisotopic (exact) mass is 239 g/mol. The van der Waals surface area contributed by atoms with E-state index < -0.39 is 5.82 Å². The van der Waals surface area contributed by atoms with Crippen molar-refractivity contribution in [2.75, 3.05) is 32.9 Å². The van der Waals surface area contributed by atoms with Crippen molar-refractivity contribution in [3.8, 4) is 5.75 Å². The van der Waals surface area contributed by atoms with Gasteiger partial charge in [-0.2, -0.15) is 0 Å². The molecule has 92 valence electrons. The van der Waals surface area contributed by atoms with E-state index in [4.69, 9.17) is 9.47 Å². The average molecular weight is 239 g/mol. The van der Waals surface area contributed by atoms with Gasteiger partial charge in [0.1, 0.15) is 0 Å². The maximum absolute atomic E-state index is 13.2. The Labute approximate surface area is 98.9 Å². The van der Waals surface area contributed by atoms with Crippen molar-refractivity contribution >= 4 is 5.91 Å². The SMILES string of the molecule is O=C(COc1ccccc1F)N1CCOCC1. The fourth-order valence-electron chi connectivity index (χ4n) is 1.61. The first-order valence-electron chi connectivity index (χ1n) is 5.50. The Bertz CT molecular complexity index is 391. The molecule has 1 aliphatic heterocycles. The minimum atomic E-state index is -0.456. The summed E-state index contributed by atoms with van der Waals surface area (Å²) in [4.78, 5) is 13.4. The normalized spacial score (nSPS) is 15.7. The summed E-state index contributed by atoms with van der Waals surface area (Å²) in [7, 11) is 0. The Kier molecular flexibility index (Phi) is 3.93. The van der Waals surface area contributed by atoms with Crippen LogP contribution in [0.1, 0.15) is 0 Å². The van der Waals surface area contributed by atoms with E-state index >= 15 is 0 Å². The van der Waals surface area contributed by atoms with Crippen molar-refractivity contribution in [3.05, 3.63) is 30.1 Å². The van der Waals surface area contributed by atoms with Crippen molar-refractivity contribution in [1.29, 1.82) is 0 Å². The molecule has 5 heteroatoms. The second kappa shape index (κ2) is 5.63. The molecular weight excluding hydrogens is 225 g/mol. The van der Waals surface area contributed by atoms with E-state index in [0.29, 0.717) is 26.3 Å². The van der Waals surface area contributed by atoms with Gasteiger partial charge < -0.3 is 14.4 Å². The number of ether oxygens (including phenoxy) is 2. The third-order valence-electron chi connectivity index (χ3n) is 2.55. The van der Waals surface area contributed by atoms with Crippen LogP contribution in [0, 0.1) is 5.82 Å². The number of rotatable bonds is 3. The van der Waals surface area contributed by atoms with Gasteiger partial charge in [-0.25, -0.2) is 4.39 Å². The lowest BCUT2D eigenvalue weighted by Gasteiger charge is -2.26. The Balaban J connectivity index is 1.85. The highest BCUT2D eigenvalue weighted by Crippen LogP contribution is 2.15. The van der Waals surface area contributed by atoms with Crippen LogP contribution in [0.2, 0.25) is 0 Å². The number of benzene rings is 1. The largest absolute Gasteiger partial charge is 0.481 e. The summed E-state index contributed by atoms with van der Waals surface area (Å²) >= 11 is 0. The first-order valence-corrected chi connectivity index (χ1v) is 5.50. The first-order chi connectivity index (χ1) is 8.27. The van der Waals surface area contributed by atoms with Gasteiger partial charge in [0.05, 0.1) is 13.2 Å². The van der Waals surface area contributed by atoms with Crippen LogP contribution >= 0.6 is 0 Å². The average Bonchev–Trinajstić information content (AvgIpc) is 2.38. The second-order valence-corrected chi connectivity index (χ2v) is 3.71. The molecule has 0 spiro atoms. The Morgan fingerprint density at radius 2 is 2.06 bits per heavy atom. The van der Waals surface area contributed by atoms with E-state index in [1.165, 1.54) is 12.1 Å². The highest BCUT2D eigenvalue weighted by molar-refractivity contribution is 5.77. The molecule has 0 N–H and O–H groups in total. The molecule has 0 bridgehead atoms. The van der Waals surface area contributed by atoms with Gasteiger partial charge in [0.15, 0.2) is 18.2 Å². The summed E-state index contributed by atoms with van der Waals surface area (Å²) in [5.74, 6) is -0.493. The van der Waals surface area contributed by atoms with E-state index in [9.17, 15) is 9.18 Å². The van der Waals surface area contributed by atoms with Crippen molar-refractivity contribution in [1.82, 2.24) is 4.90 Å². The summed E-state index contributed by atoms with van der Waals surface area (Å²) in [6.45, 7) is 2.09. The number of morpholine rings is 1. The molecule has 0 unspecified atom stereocenters. The Morgan fingerprint density at radius 1 is 1.35 bits per heavy atom. The number of hydrogen-bond acceptors (Lipinski definition) is 3.